The van der Waals surface area contributed by atoms with Crippen LogP contribution in [0.25, 0.3) is 0 Å². The molecule has 8 nitrogen and oxygen atoms in total. The molecular weight excluding hydrogens is 483 g/mol. The molecule has 0 atom stereocenters. The molecule has 1 saturated heterocycles. The summed E-state index contributed by atoms with van der Waals surface area (Å²) in [6, 6.07) is 4.17. The average molecular weight is 520 g/mol. The molecule has 1 N–H and O–H groups in total. The highest BCUT2D eigenvalue weighted by atomic mass is 127. The number of nitrogens with zero attached hydrogens (tertiary/aromatic N) is 5. The summed E-state index contributed by atoms with van der Waals surface area (Å²) in [5.41, 5.74) is 0.795. The van der Waals surface area contributed by atoms with E-state index < -0.39 is 5.60 Å². The number of carbonyl (C=O) groups excluding carboxylic acids is 1. The predicted octanol–water partition coefficient (Wildman–Crippen LogP) is 2.20. The zero-order valence-corrected chi connectivity index (χ0v) is 21.0. The van der Waals surface area contributed by atoms with E-state index in [9.17, 15) is 4.79 Å². The van der Waals surface area contributed by atoms with Gasteiger partial charge in [-0.05, 0) is 32.9 Å². The van der Waals surface area contributed by atoms with E-state index >= 15 is 0 Å². The summed E-state index contributed by atoms with van der Waals surface area (Å²) in [7, 11) is 5.90. The topological polar surface area (TPSA) is 65.3 Å². The predicted molar refractivity (Wildman–Crippen MR) is 128 cm³/mol. The van der Waals surface area contributed by atoms with Gasteiger partial charge in [0.2, 0.25) is 0 Å². The van der Waals surface area contributed by atoms with E-state index in [1.54, 1.807) is 4.90 Å². The highest BCUT2D eigenvalue weighted by Crippen LogP contribution is 2.11. The van der Waals surface area contributed by atoms with Gasteiger partial charge in [0, 0.05) is 72.3 Å². The Kier molecular flexibility index (Phi) is 10.2. The van der Waals surface area contributed by atoms with Crippen LogP contribution in [0.4, 0.5) is 4.79 Å². The maximum absolute atomic E-state index is 12.1. The Morgan fingerprint density at radius 1 is 1.28 bits per heavy atom. The van der Waals surface area contributed by atoms with Gasteiger partial charge in [-0.3, -0.25) is 9.89 Å². The Balaban J connectivity index is 0.00000420. The minimum Gasteiger partial charge on any atom is -0.444 e. The molecule has 0 bridgehead atoms. The van der Waals surface area contributed by atoms with E-state index in [1.165, 1.54) is 5.69 Å². The van der Waals surface area contributed by atoms with Gasteiger partial charge in [-0.15, -0.1) is 24.0 Å². The molecule has 0 unspecified atom stereocenters. The number of aliphatic imine (C=N–C) groups is 1. The fourth-order valence-corrected chi connectivity index (χ4v) is 3.17. The maximum atomic E-state index is 12.1. The van der Waals surface area contributed by atoms with Gasteiger partial charge in [0.15, 0.2) is 5.96 Å². The monoisotopic (exact) mass is 520 g/mol. The molecule has 0 radical (unpaired) electrons. The zero-order valence-electron chi connectivity index (χ0n) is 18.6. The lowest BCUT2D eigenvalue weighted by molar-refractivity contribution is 0.0147. The second-order valence-electron chi connectivity index (χ2n) is 8.25. The van der Waals surface area contributed by atoms with Crippen molar-refractivity contribution in [1.29, 1.82) is 0 Å². The molecule has 1 aromatic heterocycles. The summed E-state index contributed by atoms with van der Waals surface area (Å²) >= 11 is 0. The summed E-state index contributed by atoms with van der Waals surface area (Å²) in [4.78, 5) is 22.8. The summed E-state index contributed by atoms with van der Waals surface area (Å²) in [5, 5.41) is 3.43. The van der Waals surface area contributed by atoms with Crippen LogP contribution >= 0.6 is 24.0 Å². The first-order valence-corrected chi connectivity index (χ1v) is 9.92. The van der Waals surface area contributed by atoms with E-state index in [0.717, 1.165) is 38.7 Å². The molecule has 1 fully saturated rings. The van der Waals surface area contributed by atoms with E-state index in [1.807, 2.05) is 34.9 Å². The number of nitrogens with one attached hydrogen (secondary N) is 1. The number of piperazine rings is 1. The Hall–Kier alpha value is -1.49. The van der Waals surface area contributed by atoms with Gasteiger partial charge in [-0.25, -0.2) is 4.79 Å². The minimum absolute atomic E-state index is 0. The maximum Gasteiger partial charge on any atom is 0.410 e. The van der Waals surface area contributed by atoms with Crippen molar-refractivity contribution in [3.05, 3.63) is 24.0 Å². The average Bonchev–Trinajstić information content (AvgIpc) is 3.02. The van der Waals surface area contributed by atoms with Crippen molar-refractivity contribution >= 4 is 36.0 Å². The summed E-state index contributed by atoms with van der Waals surface area (Å²) in [6.07, 6.45) is 1.84. The van der Waals surface area contributed by atoms with Crippen molar-refractivity contribution in [3.8, 4) is 0 Å². The van der Waals surface area contributed by atoms with E-state index in [4.69, 9.17) is 4.74 Å². The summed E-state index contributed by atoms with van der Waals surface area (Å²) in [5.74, 6) is 0.883. The van der Waals surface area contributed by atoms with Crippen LogP contribution in [0.2, 0.25) is 0 Å². The minimum atomic E-state index is -0.445. The van der Waals surface area contributed by atoms with Crippen molar-refractivity contribution in [2.45, 2.75) is 32.9 Å². The van der Waals surface area contributed by atoms with Crippen molar-refractivity contribution in [1.82, 2.24) is 24.6 Å². The number of amides is 1. The van der Waals surface area contributed by atoms with Gasteiger partial charge < -0.3 is 24.4 Å². The second kappa shape index (κ2) is 11.6. The summed E-state index contributed by atoms with van der Waals surface area (Å²) < 4.78 is 7.57. The van der Waals surface area contributed by atoms with Gasteiger partial charge in [0.05, 0.1) is 6.54 Å². The number of guanidine groups is 1. The SMILES string of the molecule is CN=C(NCCN1CCN(C(=O)OC(C)(C)C)CC1)N(C)Cc1cccn1C.I. The molecule has 166 valence electrons. The number of ether oxygens (including phenoxy) is 1. The van der Waals surface area contributed by atoms with Crippen LogP contribution < -0.4 is 5.32 Å². The first-order valence-electron chi connectivity index (χ1n) is 9.92. The third kappa shape index (κ3) is 8.41. The Labute approximate surface area is 192 Å². The Bertz CT molecular complexity index is 662. The van der Waals surface area contributed by atoms with Crippen LogP contribution in [0.3, 0.4) is 0 Å². The van der Waals surface area contributed by atoms with Gasteiger partial charge >= 0.3 is 6.09 Å². The molecule has 0 aromatic carbocycles. The lowest BCUT2D eigenvalue weighted by Gasteiger charge is -2.35. The number of rotatable bonds is 5. The summed E-state index contributed by atoms with van der Waals surface area (Å²) in [6.45, 7) is 11.4. The van der Waals surface area contributed by atoms with Crippen LogP contribution in [-0.4, -0.2) is 90.3 Å². The van der Waals surface area contributed by atoms with Crippen LogP contribution in [0.15, 0.2) is 23.3 Å². The molecule has 2 heterocycles. The molecule has 1 aliphatic rings. The fourth-order valence-electron chi connectivity index (χ4n) is 3.17. The van der Waals surface area contributed by atoms with Crippen LogP contribution in [0.5, 0.6) is 0 Å². The smallest absolute Gasteiger partial charge is 0.410 e. The van der Waals surface area contributed by atoms with Crippen molar-refractivity contribution in [3.63, 3.8) is 0 Å². The zero-order chi connectivity index (χ0) is 20.7. The van der Waals surface area contributed by atoms with Crippen molar-refractivity contribution in [2.75, 3.05) is 53.4 Å². The molecule has 9 heteroatoms. The lowest BCUT2D eigenvalue weighted by atomic mass is 10.2. The molecule has 1 amide bonds. The second-order valence-corrected chi connectivity index (χ2v) is 8.25. The van der Waals surface area contributed by atoms with Crippen LogP contribution in [0.1, 0.15) is 26.5 Å². The van der Waals surface area contributed by atoms with Crippen LogP contribution in [0, 0.1) is 0 Å². The van der Waals surface area contributed by atoms with Gasteiger partial charge in [0.1, 0.15) is 5.60 Å². The molecular formula is C20H37IN6O2. The molecule has 1 aromatic rings. The first kappa shape index (κ1) is 25.5. The molecule has 0 saturated carbocycles. The number of hydrogen-bond acceptors (Lipinski definition) is 4. The lowest BCUT2D eigenvalue weighted by Crippen LogP contribution is -2.51. The van der Waals surface area contributed by atoms with E-state index in [0.29, 0.717) is 13.1 Å². The largest absolute Gasteiger partial charge is 0.444 e. The van der Waals surface area contributed by atoms with Crippen molar-refractivity contribution in [2.24, 2.45) is 12.0 Å². The highest BCUT2D eigenvalue weighted by molar-refractivity contribution is 14.0. The molecule has 0 spiro atoms. The molecule has 1 aliphatic heterocycles. The van der Waals surface area contributed by atoms with Crippen molar-refractivity contribution < 1.29 is 9.53 Å². The number of carbonyl (C=O) groups is 1. The van der Waals surface area contributed by atoms with Gasteiger partial charge in [-0.1, -0.05) is 0 Å². The van der Waals surface area contributed by atoms with Gasteiger partial charge in [-0.2, -0.15) is 0 Å². The van der Waals surface area contributed by atoms with Gasteiger partial charge in [0.25, 0.3) is 0 Å². The number of aromatic nitrogens is 1. The molecule has 0 aliphatic carbocycles. The number of aryl methyl sites for hydroxylation is 1. The number of hydrogen-bond donors (Lipinski definition) is 1. The fraction of sp³-hybridized carbons (Fsp3) is 0.700. The standard InChI is InChI=1S/C20H36N6O2.HI/c1-20(2,3)28-19(27)26-14-12-25(13-15-26)11-9-22-18(21-4)24(6)16-17-8-7-10-23(17)5;/h7-8,10H,9,11-16H2,1-6H3,(H,21,22);1H. The van der Waals surface area contributed by atoms with E-state index in [-0.39, 0.29) is 30.1 Å². The third-order valence-electron chi connectivity index (χ3n) is 4.76. The Morgan fingerprint density at radius 2 is 1.93 bits per heavy atom. The molecule has 2 rings (SSSR count). The quantitative estimate of drug-likeness (QED) is 0.367. The normalized spacial score (nSPS) is 15.7. The first-order chi connectivity index (χ1) is 13.2. The van der Waals surface area contributed by atoms with E-state index in [2.05, 4.69) is 50.1 Å². The van der Waals surface area contributed by atoms with Crippen LogP contribution in [-0.2, 0) is 18.3 Å². The number of halogens is 1. The Morgan fingerprint density at radius 3 is 2.45 bits per heavy atom. The third-order valence-corrected chi connectivity index (χ3v) is 4.76. The molecule has 29 heavy (non-hydrogen) atoms. The highest BCUT2D eigenvalue weighted by Gasteiger charge is 2.25.